The predicted molar refractivity (Wildman–Crippen MR) is 66.1 cm³/mol. The number of carbonyl (C=O) groups excluding carboxylic acids is 2. The molecule has 1 amide bonds. The molecule has 1 heterocycles. The minimum atomic E-state index is -0.878. The maximum atomic E-state index is 12.1. The number of hydrogen-bond acceptors (Lipinski definition) is 5. The van der Waals surface area contributed by atoms with Crippen molar-refractivity contribution >= 4 is 11.7 Å². The van der Waals surface area contributed by atoms with Crippen molar-refractivity contribution in [2.24, 2.45) is 0 Å². The molecule has 1 aliphatic heterocycles. The number of ether oxygens (including phenoxy) is 2. The van der Waals surface area contributed by atoms with Gasteiger partial charge in [-0.15, -0.1) is 0 Å². The number of ketones is 1. The summed E-state index contributed by atoms with van der Waals surface area (Å²) in [6.07, 6.45) is 0.361. The Balaban J connectivity index is 2.60. The van der Waals surface area contributed by atoms with Crippen LogP contribution >= 0.6 is 0 Å². The Labute approximate surface area is 107 Å². The lowest BCUT2D eigenvalue weighted by Gasteiger charge is -2.42. The molecule has 0 aromatic heterocycles. The van der Waals surface area contributed by atoms with Crippen molar-refractivity contribution in [2.75, 3.05) is 26.8 Å². The predicted octanol–water partition coefficient (Wildman–Crippen LogP) is -0.177. The Morgan fingerprint density at radius 3 is 2.22 bits per heavy atom. The Bertz CT molecular complexity index is 318. The van der Waals surface area contributed by atoms with Crippen molar-refractivity contribution < 1.29 is 19.1 Å². The molecule has 18 heavy (non-hydrogen) atoms. The number of Topliss-reactive ketones (excluding diaryl/α,β-unsaturated/α-hetero) is 1. The Morgan fingerprint density at radius 2 is 1.78 bits per heavy atom. The molecular formula is C12H22N2O4. The molecule has 2 N–H and O–H groups in total. The highest BCUT2D eigenvalue weighted by Gasteiger charge is 2.44. The van der Waals surface area contributed by atoms with E-state index >= 15 is 0 Å². The van der Waals surface area contributed by atoms with Gasteiger partial charge in [0.05, 0.1) is 19.8 Å². The zero-order valence-electron chi connectivity index (χ0n) is 11.5. The molecule has 6 heteroatoms. The van der Waals surface area contributed by atoms with Crippen LogP contribution in [0.3, 0.4) is 0 Å². The van der Waals surface area contributed by atoms with Crippen LogP contribution < -0.4 is 10.6 Å². The zero-order chi connectivity index (χ0) is 13.8. The van der Waals surface area contributed by atoms with E-state index in [1.54, 1.807) is 27.8 Å². The highest BCUT2D eigenvalue weighted by atomic mass is 16.7. The molecule has 0 aliphatic carbocycles. The molecule has 0 aromatic carbocycles. The molecule has 1 rings (SSSR count). The van der Waals surface area contributed by atoms with E-state index in [0.717, 1.165) is 0 Å². The van der Waals surface area contributed by atoms with E-state index in [9.17, 15) is 9.59 Å². The summed E-state index contributed by atoms with van der Waals surface area (Å²) in [5.74, 6) is -0.956. The standard InChI is InChI=1S/C12H22N2O4/c1-5-10(16)14-6-9(15)12(13-4)7-17-11(2,3)18-8-12/h13H,5-8H2,1-4H3,(H,14,16). The molecule has 1 saturated heterocycles. The van der Waals surface area contributed by atoms with Crippen LogP contribution in [0, 0.1) is 0 Å². The van der Waals surface area contributed by atoms with Gasteiger partial charge < -0.3 is 20.1 Å². The van der Waals surface area contributed by atoms with E-state index in [4.69, 9.17) is 9.47 Å². The number of hydrogen-bond donors (Lipinski definition) is 2. The average Bonchev–Trinajstić information content (AvgIpc) is 2.36. The van der Waals surface area contributed by atoms with Gasteiger partial charge in [0, 0.05) is 6.42 Å². The third-order valence-corrected chi connectivity index (χ3v) is 3.11. The van der Waals surface area contributed by atoms with Gasteiger partial charge in [0.25, 0.3) is 0 Å². The number of nitrogens with one attached hydrogen (secondary N) is 2. The van der Waals surface area contributed by atoms with E-state index in [1.165, 1.54) is 0 Å². The second kappa shape index (κ2) is 5.77. The zero-order valence-corrected chi connectivity index (χ0v) is 11.5. The van der Waals surface area contributed by atoms with Gasteiger partial charge in [-0.1, -0.05) is 6.92 Å². The summed E-state index contributed by atoms with van der Waals surface area (Å²) in [6.45, 7) is 5.80. The normalized spacial score (nSPS) is 21.3. The second-order valence-corrected chi connectivity index (χ2v) is 4.86. The lowest BCUT2D eigenvalue weighted by molar-refractivity contribution is -0.266. The van der Waals surface area contributed by atoms with Gasteiger partial charge in [0.1, 0.15) is 5.54 Å². The fraction of sp³-hybridized carbons (Fsp3) is 0.833. The van der Waals surface area contributed by atoms with Gasteiger partial charge >= 0.3 is 0 Å². The first kappa shape index (κ1) is 15.1. The Hall–Kier alpha value is -0.980. The first-order valence-electron chi connectivity index (χ1n) is 6.12. The van der Waals surface area contributed by atoms with Crippen LogP contribution in [0.1, 0.15) is 27.2 Å². The second-order valence-electron chi connectivity index (χ2n) is 4.86. The van der Waals surface area contributed by atoms with Gasteiger partial charge in [-0.05, 0) is 20.9 Å². The van der Waals surface area contributed by atoms with Gasteiger partial charge in [0.15, 0.2) is 11.6 Å². The minimum absolute atomic E-state index is 0.0132. The Kier molecular flexibility index (Phi) is 4.84. The lowest BCUT2D eigenvalue weighted by atomic mass is 9.94. The number of carbonyl (C=O) groups is 2. The minimum Gasteiger partial charge on any atom is -0.349 e. The summed E-state index contributed by atoms with van der Waals surface area (Å²) < 4.78 is 11.0. The summed E-state index contributed by atoms with van der Waals surface area (Å²) in [5, 5.41) is 5.52. The molecule has 0 saturated carbocycles. The molecular weight excluding hydrogens is 236 g/mol. The molecule has 1 fully saturated rings. The van der Waals surface area contributed by atoms with Gasteiger partial charge in [-0.25, -0.2) is 0 Å². The van der Waals surface area contributed by atoms with Crippen molar-refractivity contribution in [3.8, 4) is 0 Å². The molecule has 1 aliphatic rings. The largest absolute Gasteiger partial charge is 0.349 e. The summed E-state index contributed by atoms with van der Waals surface area (Å²) in [6, 6.07) is 0. The van der Waals surface area contributed by atoms with E-state index in [1.807, 2.05) is 0 Å². The molecule has 0 bridgehead atoms. The van der Waals surface area contributed by atoms with Gasteiger partial charge in [0.2, 0.25) is 5.91 Å². The maximum absolute atomic E-state index is 12.1. The highest BCUT2D eigenvalue weighted by Crippen LogP contribution is 2.23. The van der Waals surface area contributed by atoms with Crippen LogP contribution in [0.4, 0.5) is 0 Å². The molecule has 0 unspecified atom stereocenters. The van der Waals surface area contributed by atoms with Crippen molar-refractivity contribution in [2.45, 2.75) is 38.5 Å². The first-order valence-corrected chi connectivity index (χ1v) is 6.12. The van der Waals surface area contributed by atoms with Crippen LogP contribution in [-0.2, 0) is 19.1 Å². The lowest BCUT2D eigenvalue weighted by Crippen LogP contribution is -2.64. The maximum Gasteiger partial charge on any atom is 0.220 e. The molecule has 0 radical (unpaired) electrons. The molecule has 0 atom stereocenters. The molecule has 0 spiro atoms. The van der Waals surface area contributed by atoms with Crippen LogP contribution in [0.5, 0.6) is 0 Å². The average molecular weight is 258 g/mol. The molecule has 0 aromatic rings. The summed E-state index contributed by atoms with van der Waals surface area (Å²) in [4.78, 5) is 23.3. The Morgan fingerprint density at radius 1 is 1.22 bits per heavy atom. The van der Waals surface area contributed by atoms with Gasteiger partial charge in [-0.3, -0.25) is 9.59 Å². The highest BCUT2D eigenvalue weighted by molar-refractivity contribution is 5.93. The van der Waals surface area contributed by atoms with E-state index < -0.39 is 11.3 Å². The summed E-state index contributed by atoms with van der Waals surface area (Å²) in [7, 11) is 1.69. The van der Waals surface area contributed by atoms with Crippen molar-refractivity contribution in [3.63, 3.8) is 0 Å². The number of likely N-dealkylation sites (N-methyl/N-ethyl adjacent to an activating group) is 1. The molecule has 104 valence electrons. The van der Waals surface area contributed by atoms with Crippen molar-refractivity contribution in [3.05, 3.63) is 0 Å². The van der Waals surface area contributed by atoms with Crippen LogP contribution in [0.2, 0.25) is 0 Å². The third kappa shape index (κ3) is 3.51. The summed E-state index contributed by atoms with van der Waals surface area (Å²) >= 11 is 0. The van der Waals surface area contributed by atoms with Crippen LogP contribution in [-0.4, -0.2) is 49.8 Å². The van der Waals surface area contributed by atoms with Crippen molar-refractivity contribution in [1.82, 2.24) is 10.6 Å². The van der Waals surface area contributed by atoms with E-state index in [0.29, 0.717) is 6.42 Å². The quantitative estimate of drug-likeness (QED) is 0.715. The fourth-order valence-corrected chi connectivity index (χ4v) is 1.60. The SMILES string of the molecule is CCC(=O)NCC(=O)C1(NC)COC(C)(C)OC1. The van der Waals surface area contributed by atoms with E-state index in [-0.39, 0.29) is 31.4 Å². The topological polar surface area (TPSA) is 76.7 Å². The van der Waals surface area contributed by atoms with Gasteiger partial charge in [-0.2, -0.15) is 0 Å². The number of amides is 1. The third-order valence-electron chi connectivity index (χ3n) is 3.11. The number of rotatable bonds is 5. The van der Waals surface area contributed by atoms with Crippen LogP contribution in [0.25, 0.3) is 0 Å². The monoisotopic (exact) mass is 258 g/mol. The summed E-state index contributed by atoms with van der Waals surface area (Å²) in [5.41, 5.74) is -0.878. The smallest absolute Gasteiger partial charge is 0.220 e. The van der Waals surface area contributed by atoms with E-state index in [2.05, 4.69) is 10.6 Å². The van der Waals surface area contributed by atoms with Crippen LogP contribution in [0.15, 0.2) is 0 Å². The van der Waals surface area contributed by atoms with Crippen molar-refractivity contribution in [1.29, 1.82) is 0 Å². The molecule has 6 nitrogen and oxygen atoms in total. The first-order chi connectivity index (χ1) is 8.35. The fourth-order valence-electron chi connectivity index (χ4n) is 1.60.